The lowest BCUT2D eigenvalue weighted by atomic mass is 10.0. The van der Waals surface area contributed by atoms with Gasteiger partial charge in [-0.05, 0) is 62.1 Å². The summed E-state index contributed by atoms with van der Waals surface area (Å²) in [7, 11) is 0. The molecule has 136 valence electrons. The van der Waals surface area contributed by atoms with Crippen LogP contribution in [0.1, 0.15) is 47.8 Å². The normalized spacial score (nSPS) is 15.7. The van der Waals surface area contributed by atoms with Crippen molar-refractivity contribution in [2.24, 2.45) is 5.10 Å². The van der Waals surface area contributed by atoms with Crippen LogP contribution in [0.4, 0.5) is 0 Å². The van der Waals surface area contributed by atoms with Crippen LogP contribution in [0.3, 0.4) is 0 Å². The quantitative estimate of drug-likeness (QED) is 0.563. The Hall–Kier alpha value is -2.73. The number of piperidine rings is 1. The molecule has 3 N–H and O–H groups in total. The van der Waals surface area contributed by atoms with Gasteiger partial charge in [0.15, 0.2) is 0 Å². The minimum atomic E-state index is -0.346. The van der Waals surface area contributed by atoms with Gasteiger partial charge in [0.25, 0.3) is 5.91 Å². The lowest BCUT2D eigenvalue weighted by molar-refractivity contribution is -0.918. The molecule has 0 spiro atoms. The molecular weight excluding hydrogens is 328 g/mol. The first-order chi connectivity index (χ1) is 12.6. The number of hydrazone groups is 1. The molecule has 2 aromatic rings. The van der Waals surface area contributed by atoms with E-state index in [1.807, 2.05) is 19.1 Å². The van der Waals surface area contributed by atoms with Crippen LogP contribution < -0.4 is 10.3 Å². The molecule has 0 saturated carbocycles. The molecule has 1 aromatic carbocycles. The molecule has 0 unspecified atom stereocenters. The summed E-state index contributed by atoms with van der Waals surface area (Å²) in [6, 6.07) is 10.6. The first kappa shape index (κ1) is 18.1. The van der Waals surface area contributed by atoms with Crippen LogP contribution in [0.15, 0.2) is 47.7 Å². The van der Waals surface area contributed by atoms with Crippen LogP contribution in [0.25, 0.3) is 0 Å². The fourth-order valence-corrected chi connectivity index (χ4v) is 3.20. The van der Waals surface area contributed by atoms with E-state index in [1.54, 1.807) is 30.5 Å². The van der Waals surface area contributed by atoms with Gasteiger partial charge in [0.2, 0.25) is 0 Å². The summed E-state index contributed by atoms with van der Waals surface area (Å²) in [5.41, 5.74) is 5.35. The summed E-state index contributed by atoms with van der Waals surface area (Å²) < 4.78 is 0. The maximum atomic E-state index is 12.0. The number of phenolic OH excluding ortho intramolecular Hbond substituents is 1. The number of phenols is 1. The van der Waals surface area contributed by atoms with E-state index in [9.17, 15) is 9.90 Å². The van der Waals surface area contributed by atoms with Gasteiger partial charge in [0.1, 0.15) is 18.0 Å². The number of amides is 1. The summed E-state index contributed by atoms with van der Waals surface area (Å²) in [6.45, 7) is 4.95. The number of benzene rings is 1. The van der Waals surface area contributed by atoms with Crippen molar-refractivity contribution < 1.29 is 14.8 Å². The van der Waals surface area contributed by atoms with Gasteiger partial charge in [-0.3, -0.25) is 9.78 Å². The number of carbonyl (C=O) groups excluding carboxylic acids is 1. The van der Waals surface area contributed by atoms with E-state index in [0.29, 0.717) is 17.2 Å². The molecule has 2 heterocycles. The lowest BCUT2D eigenvalue weighted by Gasteiger charge is -2.24. The van der Waals surface area contributed by atoms with Crippen LogP contribution in [0, 0.1) is 0 Å². The highest BCUT2D eigenvalue weighted by Crippen LogP contribution is 2.18. The number of nitrogens with zero attached hydrogens (tertiary/aromatic N) is 2. The van der Waals surface area contributed by atoms with E-state index in [2.05, 4.69) is 15.5 Å². The van der Waals surface area contributed by atoms with Gasteiger partial charge in [-0.1, -0.05) is 6.07 Å². The number of aromatic nitrogens is 1. The Morgan fingerprint density at radius 2 is 2.04 bits per heavy atom. The molecule has 6 nitrogen and oxygen atoms in total. The Morgan fingerprint density at radius 1 is 1.23 bits per heavy atom. The summed E-state index contributed by atoms with van der Waals surface area (Å²) in [6.07, 6.45) is 5.36. The van der Waals surface area contributed by atoms with E-state index >= 15 is 0 Å². The largest absolute Gasteiger partial charge is 0.507 e. The Labute approximate surface area is 153 Å². The molecule has 1 aliphatic heterocycles. The molecule has 1 saturated heterocycles. The van der Waals surface area contributed by atoms with Gasteiger partial charge < -0.3 is 10.0 Å². The van der Waals surface area contributed by atoms with Crippen molar-refractivity contribution in [2.45, 2.75) is 32.7 Å². The Balaban J connectivity index is 1.69. The summed E-state index contributed by atoms with van der Waals surface area (Å²) in [5, 5.41) is 14.4. The minimum absolute atomic E-state index is 0.317. The SMILES string of the molecule is C/C(=N\NC(=O)c1ccccn1)c1ccc(O)c(C[NH+]2CCCCC2)c1. The number of nitrogens with one attached hydrogen (secondary N) is 2. The van der Waals surface area contributed by atoms with Gasteiger partial charge in [0, 0.05) is 11.8 Å². The highest BCUT2D eigenvalue weighted by molar-refractivity contribution is 6.00. The van der Waals surface area contributed by atoms with E-state index in [0.717, 1.165) is 30.8 Å². The van der Waals surface area contributed by atoms with Crippen molar-refractivity contribution in [3.05, 3.63) is 59.4 Å². The van der Waals surface area contributed by atoms with Gasteiger partial charge in [0.05, 0.1) is 18.8 Å². The van der Waals surface area contributed by atoms with E-state index in [-0.39, 0.29) is 5.91 Å². The first-order valence-corrected chi connectivity index (χ1v) is 9.05. The number of quaternary nitrogens is 1. The molecule has 3 rings (SSSR count). The van der Waals surface area contributed by atoms with Crippen LogP contribution in [0.2, 0.25) is 0 Å². The molecule has 1 aromatic heterocycles. The maximum Gasteiger partial charge on any atom is 0.289 e. The molecule has 0 bridgehead atoms. The zero-order chi connectivity index (χ0) is 18.4. The van der Waals surface area contributed by atoms with Crippen molar-refractivity contribution in [3.8, 4) is 5.75 Å². The van der Waals surface area contributed by atoms with Crippen molar-refractivity contribution in [2.75, 3.05) is 13.1 Å². The molecular formula is C20H25N4O2+. The van der Waals surface area contributed by atoms with E-state index in [4.69, 9.17) is 0 Å². The number of likely N-dealkylation sites (tertiary alicyclic amines) is 1. The van der Waals surface area contributed by atoms with Gasteiger partial charge in [-0.15, -0.1) is 0 Å². The molecule has 6 heteroatoms. The van der Waals surface area contributed by atoms with Gasteiger partial charge in [-0.2, -0.15) is 5.10 Å². The number of rotatable bonds is 5. The molecule has 0 radical (unpaired) electrons. The predicted molar refractivity (Wildman–Crippen MR) is 100 cm³/mol. The van der Waals surface area contributed by atoms with Crippen LogP contribution in [0.5, 0.6) is 5.75 Å². The minimum Gasteiger partial charge on any atom is -0.507 e. The van der Waals surface area contributed by atoms with Crippen LogP contribution in [-0.4, -0.2) is 34.8 Å². The highest BCUT2D eigenvalue weighted by Gasteiger charge is 2.16. The van der Waals surface area contributed by atoms with Crippen molar-refractivity contribution in [3.63, 3.8) is 0 Å². The zero-order valence-electron chi connectivity index (χ0n) is 15.0. The fraction of sp³-hybridized carbons (Fsp3) is 0.350. The maximum absolute atomic E-state index is 12.0. The summed E-state index contributed by atoms with van der Waals surface area (Å²) >= 11 is 0. The van der Waals surface area contributed by atoms with Crippen LogP contribution >= 0.6 is 0 Å². The molecule has 1 amide bonds. The van der Waals surface area contributed by atoms with Crippen molar-refractivity contribution in [1.29, 1.82) is 0 Å². The fourth-order valence-electron chi connectivity index (χ4n) is 3.20. The van der Waals surface area contributed by atoms with Gasteiger partial charge in [-0.25, -0.2) is 5.43 Å². The lowest BCUT2D eigenvalue weighted by Crippen LogP contribution is -3.11. The van der Waals surface area contributed by atoms with Gasteiger partial charge >= 0.3 is 0 Å². The second kappa shape index (κ2) is 8.58. The smallest absolute Gasteiger partial charge is 0.289 e. The summed E-state index contributed by atoms with van der Waals surface area (Å²) in [4.78, 5) is 17.5. The number of carbonyl (C=O) groups is 1. The second-order valence-corrected chi connectivity index (χ2v) is 6.68. The molecule has 0 atom stereocenters. The monoisotopic (exact) mass is 353 g/mol. The molecule has 26 heavy (non-hydrogen) atoms. The average Bonchev–Trinajstić information content (AvgIpc) is 2.69. The third-order valence-electron chi connectivity index (χ3n) is 4.72. The number of pyridine rings is 1. The predicted octanol–water partition coefficient (Wildman–Crippen LogP) is 1.51. The second-order valence-electron chi connectivity index (χ2n) is 6.68. The third-order valence-corrected chi connectivity index (χ3v) is 4.72. The summed E-state index contributed by atoms with van der Waals surface area (Å²) in [5.74, 6) is -0.0288. The standard InChI is InChI=1S/C20H24N4O2/c1-15(22-23-20(26)18-7-3-4-10-21-18)16-8-9-19(25)17(13-16)14-24-11-5-2-6-12-24/h3-4,7-10,13,25H,2,5-6,11-12,14H2,1H3,(H,23,26)/p+1/b22-15+. The number of hydrogen-bond donors (Lipinski definition) is 3. The topological polar surface area (TPSA) is 79.0 Å². The Bertz CT molecular complexity index is 784. The molecule has 0 aliphatic carbocycles. The zero-order valence-corrected chi connectivity index (χ0v) is 15.0. The van der Waals surface area contributed by atoms with Crippen LogP contribution in [-0.2, 0) is 6.54 Å². The Morgan fingerprint density at radius 3 is 2.77 bits per heavy atom. The van der Waals surface area contributed by atoms with E-state index < -0.39 is 0 Å². The third kappa shape index (κ3) is 4.67. The van der Waals surface area contributed by atoms with Crippen molar-refractivity contribution in [1.82, 2.24) is 10.4 Å². The Kier molecular flexibility index (Phi) is 5.96. The van der Waals surface area contributed by atoms with E-state index in [1.165, 1.54) is 24.2 Å². The molecule has 1 aliphatic rings. The highest BCUT2D eigenvalue weighted by atomic mass is 16.3. The number of hydrogen-bond acceptors (Lipinski definition) is 4. The molecule has 1 fully saturated rings. The average molecular weight is 353 g/mol. The first-order valence-electron chi connectivity index (χ1n) is 9.05. The van der Waals surface area contributed by atoms with Crippen molar-refractivity contribution >= 4 is 11.6 Å². The number of aromatic hydroxyl groups is 1.